The van der Waals surface area contributed by atoms with Crippen LogP contribution in [0.3, 0.4) is 0 Å². The van der Waals surface area contributed by atoms with Gasteiger partial charge < -0.3 is 10.2 Å². The zero-order valence-electron chi connectivity index (χ0n) is 25.7. The van der Waals surface area contributed by atoms with Crippen LogP contribution < -0.4 is 11.1 Å². The Morgan fingerprint density at radius 3 is 1.08 bits per heavy atom. The molecule has 2 heterocycles. The molecule has 0 bridgehead atoms. The molecule has 0 radical (unpaired) electrons. The number of aromatic hydroxyl groups is 2. The second kappa shape index (κ2) is 15.4. The van der Waals surface area contributed by atoms with Gasteiger partial charge in [0.15, 0.2) is 0 Å². The van der Waals surface area contributed by atoms with Crippen molar-refractivity contribution in [2.45, 2.75) is 0 Å². The van der Waals surface area contributed by atoms with E-state index < -0.39 is 0 Å². The van der Waals surface area contributed by atoms with Gasteiger partial charge in [-0.05, 0) is 48.5 Å². The minimum atomic E-state index is -0.369. The highest BCUT2D eigenvalue weighted by atomic mass is 33.1. The van der Waals surface area contributed by atoms with Crippen LogP contribution in [-0.4, -0.2) is 66.0 Å². The van der Waals surface area contributed by atoms with Crippen molar-refractivity contribution in [2.24, 2.45) is 9.98 Å². The minimum Gasteiger partial charge on any atom is -0.493 e. The molecule has 10 nitrogen and oxygen atoms in total. The summed E-state index contributed by atoms with van der Waals surface area (Å²) in [4.78, 5) is 35.6. The minimum absolute atomic E-state index is 0.116. The van der Waals surface area contributed by atoms with Gasteiger partial charge in [0.05, 0.1) is 22.7 Å². The summed E-state index contributed by atoms with van der Waals surface area (Å²) in [6.07, 6.45) is 2.87. The molecule has 12 heteroatoms. The average molecular weight is 677 g/mol. The van der Waals surface area contributed by atoms with Crippen molar-refractivity contribution in [3.8, 4) is 34.5 Å². The predicted octanol–water partition coefficient (Wildman–Crippen LogP) is 5.90. The van der Waals surface area contributed by atoms with Crippen LogP contribution in [0, 0.1) is 0 Å². The van der Waals surface area contributed by atoms with E-state index in [-0.39, 0.29) is 34.0 Å². The lowest BCUT2D eigenvalue weighted by Crippen LogP contribution is -2.21. The van der Waals surface area contributed by atoms with Gasteiger partial charge in [0.2, 0.25) is 11.8 Å². The summed E-state index contributed by atoms with van der Waals surface area (Å²) in [6, 6.07) is 36.7. The number of aromatic nitrogens is 4. The maximum Gasteiger partial charge on any atom is 0.284 e. The highest BCUT2D eigenvalue weighted by Crippen LogP contribution is 2.24. The molecule has 0 unspecified atom stereocenters. The van der Waals surface area contributed by atoms with E-state index in [4.69, 9.17) is 0 Å². The van der Waals surface area contributed by atoms with E-state index in [1.807, 2.05) is 121 Å². The second-order valence-electron chi connectivity index (χ2n) is 10.4. The Balaban J connectivity index is 1.06. The van der Waals surface area contributed by atoms with Gasteiger partial charge in [0.1, 0.15) is 11.1 Å². The van der Waals surface area contributed by atoms with Crippen molar-refractivity contribution in [3.05, 3.63) is 153 Å². The monoisotopic (exact) mass is 676 g/mol. The number of hydrogen-bond donors (Lipinski definition) is 2. The maximum atomic E-state index is 13.4. The van der Waals surface area contributed by atoms with E-state index in [0.29, 0.717) is 47.3 Å². The lowest BCUT2D eigenvalue weighted by molar-refractivity contribution is 0.424. The molecule has 0 saturated carbocycles. The Morgan fingerprint density at radius 1 is 0.479 bits per heavy atom. The fourth-order valence-electron chi connectivity index (χ4n) is 5.07. The number of hydrogen-bond acceptors (Lipinski definition) is 8. The van der Waals surface area contributed by atoms with Crippen molar-refractivity contribution in [1.29, 1.82) is 0 Å². The summed E-state index contributed by atoms with van der Waals surface area (Å²) >= 11 is 0. The highest BCUT2D eigenvalue weighted by Gasteiger charge is 2.22. The molecule has 6 rings (SSSR count). The molecule has 0 amide bonds. The van der Waals surface area contributed by atoms with Crippen LogP contribution in [0.4, 0.5) is 0 Å². The van der Waals surface area contributed by atoms with Gasteiger partial charge in [-0.1, -0.05) is 94.4 Å². The topological polar surface area (TPSA) is 119 Å². The number of rotatable bonds is 13. The quantitative estimate of drug-likeness (QED) is 0.0894. The fraction of sp³-hybridized carbons (Fsp3) is 0.111. The molecule has 242 valence electrons. The number of nitrogens with zero attached hydrogens (tertiary/aromatic N) is 6. The second-order valence-corrected chi connectivity index (χ2v) is 13.1. The molecule has 2 aromatic heterocycles. The van der Waals surface area contributed by atoms with Gasteiger partial charge in [-0.3, -0.25) is 19.6 Å². The van der Waals surface area contributed by atoms with Gasteiger partial charge >= 0.3 is 0 Å². The van der Waals surface area contributed by atoms with E-state index in [1.54, 1.807) is 21.6 Å². The van der Waals surface area contributed by atoms with Crippen molar-refractivity contribution in [1.82, 2.24) is 18.7 Å². The standard InChI is InChI=1S/C36H32N6O4S2/c43-33-31(34(44)40(28-15-7-2-8-16-28)39(33)27-13-5-1-6-14-27)25-37-21-23-47-48-24-22-38-26-32-35(45)41(29-17-9-3-10-18-29)42(36(32)46)30-19-11-4-12-20-30/h1-20,25-26,43,45H,21-24H2. The molecular formula is C36H32N6O4S2. The van der Waals surface area contributed by atoms with Crippen molar-refractivity contribution < 1.29 is 10.2 Å². The Labute approximate surface area is 284 Å². The first-order valence-corrected chi connectivity index (χ1v) is 17.6. The van der Waals surface area contributed by atoms with Gasteiger partial charge in [0.25, 0.3) is 11.1 Å². The highest BCUT2D eigenvalue weighted by molar-refractivity contribution is 8.76. The Kier molecular flexibility index (Phi) is 10.4. The number of benzene rings is 4. The normalized spacial score (nSPS) is 11.6. The lowest BCUT2D eigenvalue weighted by atomic mass is 10.3. The molecular weight excluding hydrogens is 645 g/mol. The van der Waals surface area contributed by atoms with Gasteiger partial charge in [0, 0.05) is 37.0 Å². The van der Waals surface area contributed by atoms with Crippen LogP contribution in [0.1, 0.15) is 11.1 Å². The first kappa shape index (κ1) is 32.5. The summed E-state index contributed by atoms with van der Waals surface area (Å²) in [5.41, 5.74) is 2.05. The summed E-state index contributed by atoms with van der Waals surface area (Å²) in [7, 11) is 3.22. The summed E-state index contributed by atoms with van der Waals surface area (Å²) < 4.78 is 5.84. The van der Waals surface area contributed by atoms with E-state index in [9.17, 15) is 19.8 Å². The Morgan fingerprint density at radius 2 is 0.771 bits per heavy atom. The van der Waals surface area contributed by atoms with Crippen molar-refractivity contribution in [2.75, 3.05) is 24.6 Å². The molecule has 48 heavy (non-hydrogen) atoms. The summed E-state index contributed by atoms with van der Waals surface area (Å²) in [6.45, 7) is 0.892. The molecule has 0 saturated heterocycles. The van der Waals surface area contributed by atoms with Crippen molar-refractivity contribution >= 4 is 34.0 Å². The molecule has 2 N–H and O–H groups in total. The smallest absolute Gasteiger partial charge is 0.284 e. The van der Waals surface area contributed by atoms with E-state index in [2.05, 4.69) is 9.98 Å². The van der Waals surface area contributed by atoms with Gasteiger partial charge in [-0.15, -0.1) is 0 Å². The maximum absolute atomic E-state index is 13.4. The summed E-state index contributed by atoms with van der Waals surface area (Å²) in [5, 5.41) is 22.1. The Bertz CT molecular complexity index is 1980. The van der Waals surface area contributed by atoms with Gasteiger partial charge in [-0.2, -0.15) is 0 Å². The van der Waals surface area contributed by atoms with E-state index in [1.165, 1.54) is 31.2 Å². The van der Waals surface area contributed by atoms with Crippen molar-refractivity contribution in [3.63, 3.8) is 0 Å². The third-order valence-electron chi connectivity index (χ3n) is 7.26. The van der Waals surface area contributed by atoms with E-state index >= 15 is 0 Å². The van der Waals surface area contributed by atoms with Crippen LogP contribution >= 0.6 is 21.6 Å². The van der Waals surface area contributed by atoms with Crippen LogP contribution in [0.5, 0.6) is 11.8 Å². The molecule has 0 atom stereocenters. The average Bonchev–Trinajstić information content (AvgIpc) is 3.53. The zero-order valence-corrected chi connectivity index (χ0v) is 27.4. The predicted molar refractivity (Wildman–Crippen MR) is 196 cm³/mol. The van der Waals surface area contributed by atoms with Gasteiger partial charge in [-0.25, -0.2) is 18.7 Å². The summed E-state index contributed by atoms with van der Waals surface area (Å²) in [5.74, 6) is 1.000. The SMILES string of the molecule is O=c1c(C=NCCSSCCN=Cc2c(O)n(-c3ccccc3)n(-c3ccccc3)c2=O)c(O)n(-c2ccccc2)n1-c1ccccc1. The molecule has 4 aromatic carbocycles. The molecule has 0 fully saturated rings. The molecule has 6 aromatic rings. The van der Waals surface area contributed by atoms with E-state index in [0.717, 1.165) is 0 Å². The van der Waals surface area contributed by atoms with Crippen LogP contribution in [-0.2, 0) is 0 Å². The van der Waals surface area contributed by atoms with Crippen LogP contribution in [0.25, 0.3) is 22.7 Å². The van der Waals surface area contributed by atoms with Crippen LogP contribution in [0.2, 0.25) is 0 Å². The zero-order chi connectivity index (χ0) is 33.3. The fourth-order valence-corrected chi connectivity index (χ4v) is 6.82. The molecule has 0 aliphatic rings. The third kappa shape index (κ3) is 6.94. The molecule has 0 aliphatic carbocycles. The third-order valence-corrected chi connectivity index (χ3v) is 9.63. The Hall–Kier alpha value is -5.46. The lowest BCUT2D eigenvalue weighted by Gasteiger charge is -2.12. The largest absolute Gasteiger partial charge is 0.493 e. The first-order valence-electron chi connectivity index (χ1n) is 15.2. The van der Waals surface area contributed by atoms with Crippen LogP contribution in [0.15, 0.2) is 141 Å². The molecule has 0 aliphatic heterocycles. The number of aliphatic imine (C=N–C) groups is 2. The number of para-hydroxylation sites is 4. The first-order chi connectivity index (χ1) is 23.6. The molecule has 0 spiro atoms.